The third kappa shape index (κ3) is 5.13. The minimum absolute atomic E-state index is 0.000988. The Balaban J connectivity index is 1.69. The first-order chi connectivity index (χ1) is 16.3. The number of hydrogen-bond acceptors (Lipinski definition) is 6. The fourth-order valence-electron chi connectivity index (χ4n) is 4.41. The minimum Gasteiger partial charge on any atom is -0.507 e. The monoisotopic (exact) mass is 467 g/mol. The Hall–Kier alpha value is -3.23. The van der Waals surface area contributed by atoms with Crippen molar-refractivity contribution in [1.29, 1.82) is 0 Å². The van der Waals surface area contributed by atoms with Crippen LogP contribution in [0.3, 0.4) is 0 Å². The molecule has 2 saturated heterocycles. The van der Waals surface area contributed by atoms with Crippen LogP contribution in [-0.4, -0.2) is 72.0 Å². The number of hydrogen-bond donors (Lipinski definition) is 2. The van der Waals surface area contributed by atoms with Crippen LogP contribution in [0.5, 0.6) is 5.75 Å². The van der Waals surface area contributed by atoms with Crippen LogP contribution < -0.4 is 10.1 Å². The number of nitrogens with zero attached hydrogens (tertiary/aromatic N) is 2. The molecule has 34 heavy (non-hydrogen) atoms. The zero-order chi connectivity index (χ0) is 24.2. The van der Waals surface area contributed by atoms with Crippen LogP contribution in [0.1, 0.15) is 31.0 Å². The third-order valence-electron chi connectivity index (χ3n) is 6.09. The lowest BCUT2D eigenvalue weighted by molar-refractivity contribution is -0.140. The van der Waals surface area contributed by atoms with Crippen molar-refractivity contribution in [3.8, 4) is 5.75 Å². The molecular formula is C26H30FN3O4. The van der Waals surface area contributed by atoms with Gasteiger partial charge in [-0.2, -0.15) is 0 Å². The van der Waals surface area contributed by atoms with Gasteiger partial charge in [0.15, 0.2) is 0 Å². The summed E-state index contributed by atoms with van der Waals surface area (Å²) in [5.74, 6) is -1.44. The van der Waals surface area contributed by atoms with E-state index in [2.05, 4.69) is 10.2 Å². The number of ketones is 1. The van der Waals surface area contributed by atoms with Gasteiger partial charge in [-0.05, 0) is 55.8 Å². The summed E-state index contributed by atoms with van der Waals surface area (Å²) in [5.41, 5.74) is 0.986. The number of amides is 1. The van der Waals surface area contributed by atoms with E-state index in [1.807, 2.05) is 13.8 Å². The maximum Gasteiger partial charge on any atom is 0.295 e. The number of carbonyl (C=O) groups is 2. The van der Waals surface area contributed by atoms with Crippen LogP contribution in [0.4, 0.5) is 4.39 Å². The van der Waals surface area contributed by atoms with Gasteiger partial charge in [0.25, 0.3) is 11.7 Å². The molecular weight excluding hydrogens is 437 g/mol. The van der Waals surface area contributed by atoms with Gasteiger partial charge in [0, 0.05) is 44.8 Å². The van der Waals surface area contributed by atoms with E-state index in [0.29, 0.717) is 30.0 Å². The van der Waals surface area contributed by atoms with Crippen LogP contribution in [0.25, 0.3) is 5.76 Å². The first-order valence-electron chi connectivity index (χ1n) is 11.6. The van der Waals surface area contributed by atoms with Crippen molar-refractivity contribution in [2.24, 2.45) is 0 Å². The molecule has 2 N–H and O–H groups in total. The second-order valence-electron chi connectivity index (χ2n) is 8.83. The van der Waals surface area contributed by atoms with Crippen LogP contribution in [0, 0.1) is 5.82 Å². The number of benzene rings is 2. The van der Waals surface area contributed by atoms with Gasteiger partial charge in [-0.15, -0.1) is 0 Å². The molecule has 1 unspecified atom stereocenters. The van der Waals surface area contributed by atoms with Gasteiger partial charge in [-0.3, -0.25) is 14.5 Å². The summed E-state index contributed by atoms with van der Waals surface area (Å²) in [6, 6.07) is 11.6. The Bertz CT molecular complexity index is 1060. The summed E-state index contributed by atoms with van der Waals surface area (Å²) in [4.78, 5) is 29.9. The molecule has 0 bridgehead atoms. The van der Waals surface area contributed by atoms with Gasteiger partial charge in [-0.1, -0.05) is 12.1 Å². The zero-order valence-electron chi connectivity index (χ0n) is 19.5. The second-order valence-corrected chi connectivity index (χ2v) is 8.83. The molecule has 0 spiro atoms. The van der Waals surface area contributed by atoms with E-state index in [4.69, 9.17) is 4.74 Å². The van der Waals surface area contributed by atoms with Gasteiger partial charge >= 0.3 is 0 Å². The third-order valence-corrected chi connectivity index (χ3v) is 6.09. The predicted octanol–water partition coefficient (Wildman–Crippen LogP) is 2.94. The molecule has 1 amide bonds. The average molecular weight is 468 g/mol. The average Bonchev–Trinajstić information content (AvgIpc) is 3.08. The fourth-order valence-corrected chi connectivity index (χ4v) is 4.41. The molecule has 2 aliphatic heterocycles. The molecule has 2 aromatic rings. The van der Waals surface area contributed by atoms with E-state index in [9.17, 15) is 19.1 Å². The number of carbonyl (C=O) groups excluding carboxylic acids is 2. The standard InChI is InChI=1S/C26H30FN3O4/c1-17(2)34-21-9-5-19(6-10-21)24(31)22-23(18-3-7-20(27)8-4-18)30(26(33)25(22)32)16-15-29-13-11-28-12-14-29/h3-10,17,23,28,31H,11-16H2,1-2H3/b24-22-. The van der Waals surface area contributed by atoms with Gasteiger partial charge in [0.2, 0.25) is 0 Å². The largest absolute Gasteiger partial charge is 0.507 e. The number of aliphatic hydroxyl groups is 1. The molecule has 8 heteroatoms. The topological polar surface area (TPSA) is 82.1 Å². The number of Topliss-reactive ketones (excluding diaryl/α,β-unsaturated/α-hetero) is 1. The van der Waals surface area contributed by atoms with Gasteiger partial charge in [0.1, 0.15) is 17.3 Å². The molecule has 0 saturated carbocycles. The fraction of sp³-hybridized carbons (Fsp3) is 0.385. The summed E-state index contributed by atoms with van der Waals surface area (Å²) in [6.07, 6.45) is -0.000988. The number of likely N-dealkylation sites (tertiary alicyclic amines) is 1. The number of piperazine rings is 1. The molecule has 180 valence electrons. The Morgan fingerprint density at radius 1 is 1.06 bits per heavy atom. The molecule has 2 fully saturated rings. The highest BCUT2D eigenvalue weighted by Gasteiger charge is 2.46. The van der Waals surface area contributed by atoms with E-state index in [1.54, 1.807) is 36.4 Å². The van der Waals surface area contributed by atoms with Crippen molar-refractivity contribution >= 4 is 17.4 Å². The van der Waals surface area contributed by atoms with E-state index in [-0.39, 0.29) is 17.4 Å². The van der Waals surface area contributed by atoms with Gasteiger partial charge in [-0.25, -0.2) is 4.39 Å². The summed E-state index contributed by atoms with van der Waals surface area (Å²) in [5, 5.41) is 14.4. The number of ether oxygens (including phenoxy) is 1. The molecule has 4 rings (SSSR count). The van der Waals surface area contributed by atoms with Crippen molar-refractivity contribution in [3.63, 3.8) is 0 Å². The van der Waals surface area contributed by atoms with Crippen LogP contribution in [0.15, 0.2) is 54.1 Å². The molecule has 0 radical (unpaired) electrons. The highest BCUT2D eigenvalue weighted by molar-refractivity contribution is 6.46. The molecule has 0 aliphatic carbocycles. The van der Waals surface area contributed by atoms with Crippen molar-refractivity contribution in [1.82, 2.24) is 15.1 Å². The Morgan fingerprint density at radius 2 is 1.71 bits per heavy atom. The SMILES string of the molecule is CC(C)Oc1ccc(/C(O)=C2/C(=O)C(=O)N(CCN3CCNCC3)C2c2ccc(F)cc2)cc1. The van der Waals surface area contributed by atoms with Gasteiger partial charge in [0.05, 0.1) is 17.7 Å². The van der Waals surface area contributed by atoms with E-state index >= 15 is 0 Å². The normalized spacial score (nSPS) is 20.8. The van der Waals surface area contributed by atoms with Crippen LogP contribution >= 0.6 is 0 Å². The smallest absolute Gasteiger partial charge is 0.295 e. The molecule has 2 aromatic carbocycles. The van der Waals surface area contributed by atoms with E-state index in [1.165, 1.54) is 17.0 Å². The maximum atomic E-state index is 13.6. The molecule has 7 nitrogen and oxygen atoms in total. The Labute approximate surface area is 198 Å². The van der Waals surface area contributed by atoms with Crippen molar-refractivity contribution in [2.45, 2.75) is 26.0 Å². The van der Waals surface area contributed by atoms with Crippen LogP contribution in [-0.2, 0) is 9.59 Å². The van der Waals surface area contributed by atoms with E-state index < -0.39 is 23.5 Å². The summed E-state index contributed by atoms with van der Waals surface area (Å²) >= 11 is 0. The number of nitrogens with one attached hydrogen (secondary N) is 1. The first-order valence-corrected chi connectivity index (χ1v) is 11.6. The quantitative estimate of drug-likeness (QED) is 0.370. The van der Waals surface area contributed by atoms with Crippen LogP contribution in [0.2, 0.25) is 0 Å². The first kappa shape index (κ1) is 23.9. The molecule has 0 aromatic heterocycles. The Morgan fingerprint density at radius 3 is 2.32 bits per heavy atom. The Kier molecular flexibility index (Phi) is 7.29. The van der Waals surface area contributed by atoms with E-state index in [0.717, 1.165) is 26.2 Å². The van der Waals surface area contributed by atoms with Crippen molar-refractivity contribution < 1.29 is 23.8 Å². The summed E-state index contributed by atoms with van der Waals surface area (Å²) in [6.45, 7) is 8.22. The number of rotatable bonds is 7. The summed E-state index contributed by atoms with van der Waals surface area (Å²) < 4.78 is 19.3. The lowest BCUT2D eigenvalue weighted by Gasteiger charge is -2.31. The van der Waals surface area contributed by atoms with Gasteiger partial charge < -0.3 is 20.1 Å². The van der Waals surface area contributed by atoms with Crippen molar-refractivity contribution in [2.75, 3.05) is 39.3 Å². The lowest BCUT2D eigenvalue weighted by atomic mass is 9.95. The predicted molar refractivity (Wildman–Crippen MR) is 127 cm³/mol. The summed E-state index contributed by atoms with van der Waals surface area (Å²) in [7, 11) is 0. The molecule has 2 aliphatic rings. The maximum absolute atomic E-state index is 13.6. The highest BCUT2D eigenvalue weighted by Crippen LogP contribution is 2.39. The zero-order valence-corrected chi connectivity index (χ0v) is 19.5. The number of halogens is 1. The number of aliphatic hydroxyl groups excluding tert-OH is 1. The second kappa shape index (κ2) is 10.4. The molecule has 1 atom stereocenters. The lowest BCUT2D eigenvalue weighted by Crippen LogP contribution is -2.46. The highest BCUT2D eigenvalue weighted by atomic mass is 19.1. The molecule has 2 heterocycles. The van der Waals surface area contributed by atoms with Crippen molar-refractivity contribution in [3.05, 3.63) is 71.0 Å². The minimum atomic E-state index is -0.796.